The van der Waals surface area contributed by atoms with Crippen LogP contribution in [0.4, 0.5) is 0 Å². The van der Waals surface area contributed by atoms with Crippen molar-refractivity contribution in [2.24, 2.45) is 0 Å². The molecular formula is C12H14N2O. The van der Waals surface area contributed by atoms with Crippen LogP contribution in [0.1, 0.15) is 18.4 Å². The summed E-state index contributed by atoms with van der Waals surface area (Å²) in [5.41, 5.74) is 2.55. The van der Waals surface area contributed by atoms with Crippen LogP contribution in [0.3, 0.4) is 0 Å². The van der Waals surface area contributed by atoms with Gasteiger partial charge in [0, 0.05) is 18.3 Å². The van der Waals surface area contributed by atoms with E-state index in [-0.39, 0.29) is 5.75 Å². The van der Waals surface area contributed by atoms with Crippen molar-refractivity contribution in [1.29, 1.82) is 0 Å². The number of nitrogens with zero attached hydrogens (tertiary/aromatic N) is 1. The van der Waals surface area contributed by atoms with Crippen LogP contribution in [-0.2, 0) is 6.42 Å². The van der Waals surface area contributed by atoms with Gasteiger partial charge in [-0.05, 0) is 30.9 Å². The third kappa shape index (κ3) is 1.63. The molecule has 0 amide bonds. The molecule has 2 unspecified atom stereocenters. The van der Waals surface area contributed by atoms with E-state index < -0.39 is 0 Å². The van der Waals surface area contributed by atoms with Gasteiger partial charge in [-0.15, -0.1) is 0 Å². The van der Waals surface area contributed by atoms with Crippen molar-refractivity contribution in [2.45, 2.75) is 31.3 Å². The maximum absolute atomic E-state index is 9.32. The summed E-state index contributed by atoms with van der Waals surface area (Å²) in [7, 11) is 0. The molecule has 78 valence electrons. The summed E-state index contributed by atoms with van der Waals surface area (Å²) in [5.74, 6) is 0.254. The molecule has 2 N–H and O–H groups in total. The van der Waals surface area contributed by atoms with Crippen molar-refractivity contribution in [3.05, 3.63) is 35.7 Å². The van der Waals surface area contributed by atoms with E-state index in [1.807, 2.05) is 6.20 Å². The normalized spacial score (nSPS) is 28.1. The van der Waals surface area contributed by atoms with Crippen molar-refractivity contribution >= 4 is 0 Å². The highest BCUT2D eigenvalue weighted by atomic mass is 16.3. The van der Waals surface area contributed by atoms with Crippen LogP contribution in [0.25, 0.3) is 0 Å². The van der Waals surface area contributed by atoms with Crippen LogP contribution in [-0.4, -0.2) is 22.2 Å². The Morgan fingerprint density at radius 3 is 3.00 bits per heavy atom. The number of pyridine rings is 1. The molecule has 0 aliphatic carbocycles. The van der Waals surface area contributed by atoms with Crippen molar-refractivity contribution in [2.75, 3.05) is 0 Å². The fraction of sp³-hybridized carbons (Fsp3) is 0.417. The summed E-state index contributed by atoms with van der Waals surface area (Å²) in [6.45, 7) is 0. The van der Waals surface area contributed by atoms with Gasteiger partial charge in [-0.1, -0.05) is 11.6 Å². The first kappa shape index (κ1) is 8.92. The highest BCUT2D eigenvalue weighted by Gasteiger charge is 2.31. The number of fused-ring (bicyclic) bond motifs is 2. The van der Waals surface area contributed by atoms with Crippen molar-refractivity contribution in [3.63, 3.8) is 0 Å². The summed E-state index contributed by atoms with van der Waals surface area (Å²) in [6, 6.07) is 2.95. The molecule has 1 aromatic rings. The zero-order chi connectivity index (χ0) is 10.3. The molecule has 1 aromatic heterocycles. The molecule has 2 bridgehead atoms. The van der Waals surface area contributed by atoms with Gasteiger partial charge in [0.1, 0.15) is 5.75 Å². The summed E-state index contributed by atoms with van der Waals surface area (Å²) in [5, 5.41) is 12.9. The first-order valence-corrected chi connectivity index (χ1v) is 5.41. The fourth-order valence-electron chi connectivity index (χ4n) is 2.56. The number of nitrogens with one attached hydrogen (secondary N) is 1. The van der Waals surface area contributed by atoms with E-state index in [1.165, 1.54) is 24.6 Å². The molecule has 3 heterocycles. The van der Waals surface area contributed by atoms with Crippen LogP contribution in [0, 0.1) is 0 Å². The van der Waals surface area contributed by atoms with E-state index in [1.54, 1.807) is 6.07 Å². The SMILES string of the molecule is Oc1cncc(CC2=CC3CCC2N3)c1. The van der Waals surface area contributed by atoms with E-state index in [4.69, 9.17) is 0 Å². The van der Waals surface area contributed by atoms with Gasteiger partial charge < -0.3 is 10.4 Å². The van der Waals surface area contributed by atoms with Gasteiger partial charge in [0.05, 0.1) is 6.20 Å². The summed E-state index contributed by atoms with van der Waals surface area (Å²) in [4.78, 5) is 3.99. The average Bonchev–Trinajstić information content (AvgIpc) is 2.79. The van der Waals surface area contributed by atoms with Crippen LogP contribution in [0.2, 0.25) is 0 Å². The predicted octanol–water partition coefficient (Wildman–Crippen LogP) is 1.39. The van der Waals surface area contributed by atoms with Gasteiger partial charge in [-0.25, -0.2) is 0 Å². The smallest absolute Gasteiger partial charge is 0.134 e. The second-order valence-corrected chi connectivity index (χ2v) is 4.37. The highest BCUT2D eigenvalue weighted by Crippen LogP contribution is 2.29. The molecule has 2 aliphatic heterocycles. The summed E-state index contributed by atoms with van der Waals surface area (Å²) in [6.07, 6.45) is 9.06. The molecule has 0 radical (unpaired) electrons. The lowest BCUT2D eigenvalue weighted by molar-refractivity contribution is 0.472. The molecule has 1 saturated heterocycles. The van der Waals surface area contributed by atoms with Gasteiger partial charge in [-0.2, -0.15) is 0 Å². The molecule has 3 nitrogen and oxygen atoms in total. The molecule has 15 heavy (non-hydrogen) atoms. The minimum Gasteiger partial charge on any atom is -0.506 e. The molecule has 2 atom stereocenters. The van der Waals surface area contributed by atoms with Crippen LogP contribution in [0.5, 0.6) is 5.75 Å². The van der Waals surface area contributed by atoms with E-state index in [2.05, 4.69) is 16.4 Å². The quantitative estimate of drug-likeness (QED) is 0.712. The lowest BCUT2D eigenvalue weighted by atomic mass is 9.94. The van der Waals surface area contributed by atoms with Gasteiger partial charge in [-0.3, -0.25) is 4.98 Å². The second kappa shape index (κ2) is 3.35. The number of rotatable bonds is 2. The van der Waals surface area contributed by atoms with E-state index in [0.29, 0.717) is 12.1 Å². The van der Waals surface area contributed by atoms with Gasteiger partial charge in [0.15, 0.2) is 0 Å². The molecule has 0 aromatic carbocycles. The molecule has 0 spiro atoms. The monoisotopic (exact) mass is 202 g/mol. The lowest BCUT2D eigenvalue weighted by Crippen LogP contribution is -2.22. The van der Waals surface area contributed by atoms with E-state index >= 15 is 0 Å². The van der Waals surface area contributed by atoms with Crippen molar-refractivity contribution in [1.82, 2.24) is 10.3 Å². The van der Waals surface area contributed by atoms with Gasteiger partial charge in [0.2, 0.25) is 0 Å². The van der Waals surface area contributed by atoms with E-state index in [0.717, 1.165) is 12.0 Å². The highest BCUT2D eigenvalue weighted by molar-refractivity contribution is 5.32. The third-order valence-corrected chi connectivity index (χ3v) is 3.23. The average molecular weight is 202 g/mol. The Hall–Kier alpha value is -1.35. The minimum atomic E-state index is 0.254. The maximum Gasteiger partial charge on any atom is 0.134 e. The molecule has 1 fully saturated rings. The second-order valence-electron chi connectivity index (χ2n) is 4.37. The van der Waals surface area contributed by atoms with Crippen molar-refractivity contribution in [3.8, 4) is 5.75 Å². The molecule has 2 aliphatic rings. The summed E-state index contributed by atoms with van der Waals surface area (Å²) < 4.78 is 0. The Kier molecular flexibility index (Phi) is 1.99. The van der Waals surface area contributed by atoms with E-state index in [9.17, 15) is 5.11 Å². The summed E-state index contributed by atoms with van der Waals surface area (Å²) >= 11 is 0. The molecule has 0 saturated carbocycles. The first-order valence-electron chi connectivity index (χ1n) is 5.41. The predicted molar refractivity (Wildman–Crippen MR) is 57.6 cm³/mol. The van der Waals surface area contributed by atoms with Crippen LogP contribution < -0.4 is 5.32 Å². The zero-order valence-corrected chi connectivity index (χ0v) is 8.48. The largest absolute Gasteiger partial charge is 0.506 e. The Bertz CT molecular complexity index is 414. The molecule has 3 rings (SSSR count). The molecular weight excluding hydrogens is 188 g/mol. The Morgan fingerprint density at radius 2 is 2.33 bits per heavy atom. The number of aromatic nitrogens is 1. The minimum absolute atomic E-state index is 0.254. The number of aromatic hydroxyl groups is 1. The number of hydrogen-bond donors (Lipinski definition) is 2. The topological polar surface area (TPSA) is 45.2 Å². The van der Waals surface area contributed by atoms with Crippen LogP contribution >= 0.6 is 0 Å². The maximum atomic E-state index is 9.32. The molecule has 3 heteroatoms. The Balaban J connectivity index is 1.79. The Morgan fingerprint density at radius 1 is 1.40 bits per heavy atom. The standard InChI is InChI=1S/C12H14N2O/c15-11-4-8(6-13-7-11)3-9-5-10-1-2-12(9)14-10/h4-7,10,12,14-15H,1-3H2. The number of hydrogen-bond acceptors (Lipinski definition) is 3. The van der Waals surface area contributed by atoms with Crippen molar-refractivity contribution < 1.29 is 5.11 Å². The first-order chi connectivity index (χ1) is 7.31. The Labute approximate surface area is 88.8 Å². The van der Waals surface area contributed by atoms with Crippen LogP contribution in [0.15, 0.2) is 30.1 Å². The third-order valence-electron chi connectivity index (χ3n) is 3.23. The lowest BCUT2D eigenvalue weighted by Gasteiger charge is -2.11. The zero-order valence-electron chi connectivity index (χ0n) is 8.48. The van der Waals surface area contributed by atoms with Gasteiger partial charge in [0.25, 0.3) is 0 Å². The van der Waals surface area contributed by atoms with Gasteiger partial charge >= 0.3 is 0 Å². The fourth-order valence-corrected chi connectivity index (χ4v) is 2.56.